The maximum atomic E-state index is 12.2. The Balaban J connectivity index is 3.49. The van der Waals surface area contributed by atoms with E-state index in [0.29, 0.717) is 12.8 Å². The number of unbranched alkanes of at least 4 members (excludes halogenated alkanes) is 20. The Morgan fingerprint density at radius 1 is 0.432 bits per heavy atom. The highest BCUT2D eigenvalue weighted by atomic mass is 16.3. The Hall–Kier alpha value is -1.14. The number of nitrogens with one attached hydrogen (secondary N) is 2. The maximum Gasteiger partial charge on any atom is 0.221 e. The summed E-state index contributed by atoms with van der Waals surface area (Å²) < 4.78 is 0. The van der Waals surface area contributed by atoms with E-state index in [2.05, 4.69) is 24.5 Å². The zero-order chi connectivity index (χ0) is 32.5. The lowest BCUT2D eigenvalue weighted by atomic mass is 10.0. The smallest absolute Gasteiger partial charge is 0.221 e. The summed E-state index contributed by atoms with van der Waals surface area (Å²) in [4.78, 5) is 24.4. The molecular formula is C38H76N2O4. The van der Waals surface area contributed by atoms with E-state index in [9.17, 15) is 19.8 Å². The van der Waals surface area contributed by atoms with Crippen LogP contribution in [0.3, 0.4) is 0 Å². The number of amides is 2. The second-order valence-corrected chi connectivity index (χ2v) is 13.6. The maximum absolute atomic E-state index is 12.2. The number of aliphatic hydroxyl groups is 2. The number of rotatable bonds is 34. The Kier molecular flexibility index (Phi) is 32.4. The van der Waals surface area contributed by atoms with Crippen molar-refractivity contribution in [3.63, 3.8) is 0 Å². The minimum Gasteiger partial charge on any atom is -0.393 e. The van der Waals surface area contributed by atoms with Crippen LogP contribution in [-0.2, 0) is 9.59 Å². The van der Waals surface area contributed by atoms with Crippen molar-refractivity contribution in [1.29, 1.82) is 0 Å². The molecule has 0 aromatic heterocycles. The summed E-state index contributed by atoms with van der Waals surface area (Å²) in [7, 11) is 0. The molecule has 0 aliphatic rings. The Morgan fingerprint density at radius 2 is 0.682 bits per heavy atom. The van der Waals surface area contributed by atoms with Crippen molar-refractivity contribution in [2.75, 3.05) is 0 Å². The number of hydrogen-bond donors (Lipinski definition) is 4. The van der Waals surface area contributed by atoms with E-state index in [-0.39, 0.29) is 30.2 Å². The fraction of sp³-hybridized carbons (Fsp3) is 0.947. The van der Waals surface area contributed by atoms with Crippen LogP contribution < -0.4 is 10.6 Å². The van der Waals surface area contributed by atoms with Crippen molar-refractivity contribution in [3.8, 4) is 0 Å². The predicted molar refractivity (Wildman–Crippen MR) is 188 cm³/mol. The monoisotopic (exact) mass is 625 g/mol. The zero-order valence-electron chi connectivity index (χ0n) is 29.7. The van der Waals surface area contributed by atoms with Gasteiger partial charge < -0.3 is 20.8 Å². The van der Waals surface area contributed by atoms with Gasteiger partial charge in [-0.05, 0) is 45.4 Å². The van der Waals surface area contributed by atoms with Crippen LogP contribution in [-0.4, -0.2) is 40.4 Å². The zero-order valence-corrected chi connectivity index (χ0v) is 29.7. The van der Waals surface area contributed by atoms with Gasteiger partial charge in [-0.1, -0.05) is 155 Å². The Labute approximate surface area is 273 Å². The fourth-order valence-electron chi connectivity index (χ4n) is 6.02. The van der Waals surface area contributed by atoms with E-state index in [1.165, 1.54) is 103 Å². The van der Waals surface area contributed by atoms with Crippen LogP contribution in [0.15, 0.2) is 0 Å². The lowest BCUT2D eigenvalue weighted by Gasteiger charge is -2.16. The van der Waals surface area contributed by atoms with Gasteiger partial charge in [-0.25, -0.2) is 0 Å². The van der Waals surface area contributed by atoms with Crippen LogP contribution in [0.1, 0.15) is 213 Å². The summed E-state index contributed by atoms with van der Waals surface area (Å²) in [5.74, 6) is 0.0417. The molecular weight excluding hydrogens is 548 g/mol. The first-order valence-corrected chi connectivity index (χ1v) is 19.3. The standard InChI is InChI=1S/C38H76N2O4/c1-4-6-8-22-28-35(41)30-24-18-14-10-12-16-20-26-32-37(43)39-34(3)40-38(44)33-27-21-17-13-11-15-19-25-31-36(42)29-23-9-7-5-2/h34-36,41-42H,4-33H2,1-3H3,(H,39,43)(H,40,44). The summed E-state index contributed by atoms with van der Waals surface area (Å²) in [5.41, 5.74) is 0. The van der Waals surface area contributed by atoms with Gasteiger partial charge in [0.1, 0.15) is 0 Å². The van der Waals surface area contributed by atoms with E-state index in [0.717, 1.165) is 77.0 Å². The second kappa shape index (κ2) is 33.2. The highest BCUT2D eigenvalue weighted by Gasteiger charge is 2.10. The molecule has 0 heterocycles. The molecule has 0 aliphatic heterocycles. The molecule has 0 aromatic rings. The van der Waals surface area contributed by atoms with E-state index in [1.807, 2.05) is 6.92 Å². The van der Waals surface area contributed by atoms with Crippen molar-refractivity contribution >= 4 is 11.8 Å². The number of aliphatic hydroxyl groups excluding tert-OH is 2. The third-order valence-electron chi connectivity index (χ3n) is 8.92. The molecule has 0 saturated heterocycles. The molecule has 0 saturated carbocycles. The molecule has 0 aliphatic carbocycles. The van der Waals surface area contributed by atoms with E-state index in [4.69, 9.17) is 0 Å². The minimum absolute atomic E-state index is 0.0209. The summed E-state index contributed by atoms with van der Waals surface area (Å²) in [6, 6.07) is 0. The van der Waals surface area contributed by atoms with Gasteiger partial charge in [-0.15, -0.1) is 0 Å². The third kappa shape index (κ3) is 32.3. The summed E-state index contributed by atoms with van der Waals surface area (Å²) in [6.45, 7) is 6.28. The van der Waals surface area contributed by atoms with Gasteiger partial charge >= 0.3 is 0 Å². The van der Waals surface area contributed by atoms with Crippen molar-refractivity contribution in [1.82, 2.24) is 10.6 Å². The highest BCUT2D eigenvalue weighted by molar-refractivity contribution is 5.79. The molecule has 44 heavy (non-hydrogen) atoms. The molecule has 0 fully saturated rings. The van der Waals surface area contributed by atoms with E-state index in [1.54, 1.807) is 0 Å². The molecule has 0 radical (unpaired) electrons. The van der Waals surface area contributed by atoms with Crippen molar-refractivity contribution < 1.29 is 19.8 Å². The van der Waals surface area contributed by atoms with Crippen molar-refractivity contribution in [2.24, 2.45) is 0 Å². The molecule has 0 rings (SSSR count). The van der Waals surface area contributed by atoms with Gasteiger partial charge in [0.25, 0.3) is 0 Å². The van der Waals surface area contributed by atoms with Crippen LogP contribution in [0.25, 0.3) is 0 Å². The normalized spacial score (nSPS) is 13.5. The van der Waals surface area contributed by atoms with Gasteiger partial charge in [0.15, 0.2) is 0 Å². The largest absolute Gasteiger partial charge is 0.393 e. The molecule has 262 valence electrons. The quantitative estimate of drug-likeness (QED) is 0.0423. The molecule has 2 unspecified atom stereocenters. The van der Waals surface area contributed by atoms with E-state index >= 15 is 0 Å². The molecule has 6 heteroatoms. The lowest BCUT2D eigenvalue weighted by molar-refractivity contribution is -0.124. The molecule has 6 nitrogen and oxygen atoms in total. The fourth-order valence-corrected chi connectivity index (χ4v) is 6.02. The molecule has 2 amide bonds. The van der Waals surface area contributed by atoms with Crippen LogP contribution >= 0.6 is 0 Å². The molecule has 2 atom stereocenters. The van der Waals surface area contributed by atoms with Gasteiger partial charge in [0, 0.05) is 12.8 Å². The topological polar surface area (TPSA) is 98.7 Å². The lowest BCUT2D eigenvalue weighted by Crippen LogP contribution is -2.45. The first-order valence-electron chi connectivity index (χ1n) is 19.3. The number of carbonyl (C=O) groups is 2. The van der Waals surface area contributed by atoms with Crippen LogP contribution in [0.5, 0.6) is 0 Å². The summed E-state index contributed by atoms with van der Waals surface area (Å²) >= 11 is 0. The molecule has 0 bridgehead atoms. The van der Waals surface area contributed by atoms with Crippen LogP contribution in [0, 0.1) is 0 Å². The Morgan fingerprint density at radius 3 is 0.977 bits per heavy atom. The van der Waals surface area contributed by atoms with Crippen molar-refractivity contribution in [3.05, 3.63) is 0 Å². The summed E-state index contributed by atoms with van der Waals surface area (Å²) in [6.07, 6.45) is 32.6. The van der Waals surface area contributed by atoms with Crippen molar-refractivity contribution in [2.45, 2.75) is 232 Å². The first kappa shape index (κ1) is 42.9. The molecule has 0 aromatic carbocycles. The van der Waals surface area contributed by atoms with Gasteiger partial charge in [0.2, 0.25) is 11.8 Å². The summed E-state index contributed by atoms with van der Waals surface area (Å²) in [5, 5.41) is 25.9. The Bertz CT molecular complexity index is 578. The predicted octanol–water partition coefficient (Wildman–Crippen LogP) is 10.0. The second-order valence-electron chi connectivity index (χ2n) is 13.6. The van der Waals surface area contributed by atoms with Gasteiger partial charge in [-0.2, -0.15) is 0 Å². The molecule has 0 spiro atoms. The van der Waals surface area contributed by atoms with Crippen LogP contribution in [0.4, 0.5) is 0 Å². The number of carbonyl (C=O) groups excluding carboxylic acids is 2. The average Bonchev–Trinajstić information content (AvgIpc) is 2.99. The van der Waals surface area contributed by atoms with E-state index < -0.39 is 0 Å². The average molecular weight is 625 g/mol. The number of hydrogen-bond acceptors (Lipinski definition) is 4. The van der Waals surface area contributed by atoms with Crippen LogP contribution in [0.2, 0.25) is 0 Å². The SMILES string of the molecule is CCCCCCC(O)CCCCCCCCCCC(=O)NC(C)NC(=O)CCCCCCCCCCC(O)CCCCCC. The van der Waals surface area contributed by atoms with Gasteiger partial charge in [0.05, 0.1) is 18.4 Å². The molecule has 4 N–H and O–H groups in total. The third-order valence-corrected chi connectivity index (χ3v) is 8.92. The minimum atomic E-state index is -0.320. The first-order chi connectivity index (χ1) is 21.4. The highest BCUT2D eigenvalue weighted by Crippen LogP contribution is 2.16. The van der Waals surface area contributed by atoms with Gasteiger partial charge in [-0.3, -0.25) is 9.59 Å².